The molecule has 0 radical (unpaired) electrons. The molecule has 2 aromatic carbocycles. The molecule has 6 heteroatoms. The third-order valence-electron chi connectivity index (χ3n) is 7.12. The highest BCUT2D eigenvalue weighted by Gasteiger charge is 2.22. The third-order valence-corrected chi connectivity index (χ3v) is 8.34. The minimum absolute atomic E-state index is 0.119. The van der Waals surface area contributed by atoms with Gasteiger partial charge in [0.1, 0.15) is 4.88 Å². The number of carbonyl (C=O) groups excluding carboxylic acids is 1. The molecule has 5 nitrogen and oxygen atoms in total. The molecule has 3 unspecified atom stereocenters. The number of aromatic carboxylic acids is 1. The lowest BCUT2D eigenvalue weighted by Gasteiger charge is -2.20. The lowest BCUT2D eigenvalue weighted by atomic mass is 9.85. The molecule has 0 bridgehead atoms. The van der Waals surface area contributed by atoms with Gasteiger partial charge in [-0.05, 0) is 59.2 Å². The zero-order chi connectivity index (χ0) is 26.5. The van der Waals surface area contributed by atoms with Crippen molar-refractivity contribution in [2.75, 3.05) is 7.11 Å². The van der Waals surface area contributed by atoms with Crippen molar-refractivity contribution >= 4 is 23.1 Å². The maximum atomic E-state index is 12.5. The number of nitrogens with one attached hydrogen (secondary N) is 1. The maximum Gasteiger partial charge on any atom is 0.346 e. The lowest BCUT2D eigenvalue weighted by molar-refractivity contribution is 0.0697. The molecule has 4 rings (SSSR count). The number of carbonyl (C=O) groups is 2. The van der Waals surface area contributed by atoms with Crippen LogP contribution in [0.15, 0.2) is 72.9 Å². The number of Topliss-reactive ketones (excluding diaryl/α,β-unsaturated/α-hetero) is 1. The van der Waals surface area contributed by atoms with Crippen LogP contribution in [0.25, 0.3) is 10.4 Å². The van der Waals surface area contributed by atoms with Crippen molar-refractivity contribution in [1.82, 2.24) is 4.98 Å². The predicted molar refractivity (Wildman–Crippen MR) is 149 cm³/mol. The summed E-state index contributed by atoms with van der Waals surface area (Å²) in [5, 5.41) is 9.88. The molecule has 0 aliphatic heterocycles. The van der Waals surface area contributed by atoms with E-state index in [1.807, 2.05) is 61.5 Å². The molecule has 0 amide bonds. The van der Waals surface area contributed by atoms with E-state index in [0.717, 1.165) is 27.1 Å². The third kappa shape index (κ3) is 6.27. The largest absolute Gasteiger partial charge is 0.477 e. The van der Waals surface area contributed by atoms with E-state index in [1.54, 1.807) is 13.3 Å². The van der Waals surface area contributed by atoms with Gasteiger partial charge in [-0.3, -0.25) is 4.79 Å². The van der Waals surface area contributed by atoms with Crippen LogP contribution in [0.3, 0.4) is 0 Å². The fourth-order valence-corrected chi connectivity index (χ4v) is 5.62. The van der Waals surface area contributed by atoms with Crippen LogP contribution in [0, 0.1) is 12.8 Å². The Bertz CT molecular complexity index is 1340. The Morgan fingerprint density at radius 1 is 1.00 bits per heavy atom. The summed E-state index contributed by atoms with van der Waals surface area (Å²) in [5.41, 5.74) is 5.75. The van der Waals surface area contributed by atoms with Gasteiger partial charge in [0.2, 0.25) is 0 Å². The number of thiophene rings is 1. The van der Waals surface area contributed by atoms with Gasteiger partial charge in [-0.2, -0.15) is 0 Å². The number of hydrogen-bond donors (Lipinski definition) is 2. The molecule has 3 atom stereocenters. The lowest BCUT2D eigenvalue weighted by Crippen LogP contribution is -2.12. The number of carboxylic acid groups (broad SMARTS) is 1. The highest BCUT2D eigenvalue weighted by Crippen LogP contribution is 2.36. The molecule has 37 heavy (non-hydrogen) atoms. The minimum Gasteiger partial charge on any atom is -0.477 e. The molecule has 0 aliphatic carbocycles. The molecule has 0 spiro atoms. The van der Waals surface area contributed by atoms with Crippen LogP contribution in [-0.4, -0.2) is 29.0 Å². The first-order valence-electron chi connectivity index (χ1n) is 12.5. The van der Waals surface area contributed by atoms with E-state index in [0.29, 0.717) is 23.4 Å². The number of benzene rings is 2. The fourth-order valence-electron chi connectivity index (χ4n) is 4.58. The van der Waals surface area contributed by atoms with Crippen molar-refractivity contribution in [3.8, 4) is 10.4 Å². The molecule has 0 saturated heterocycles. The van der Waals surface area contributed by atoms with E-state index in [4.69, 9.17) is 4.74 Å². The Morgan fingerprint density at radius 2 is 1.68 bits per heavy atom. The fraction of sp³-hybridized carbons (Fsp3) is 0.290. The Labute approximate surface area is 222 Å². The van der Waals surface area contributed by atoms with Crippen molar-refractivity contribution < 1.29 is 19.4 Å². The normalized spacial score (nSPS) is 13.7. The van der Waals surface area contributed by atoms with Gasteiger partial charge in [-0.1, -0.05) is 67.9 Å². The van der Waals surface area contributed by atoms with E-state index in [2.05, 4.69) is 31.0 Å². The molecule has 0 saturated carbocycles. The summed E-state index contributed by atoms with van der Waals surface area (Å²) < 4.78 is 5.73. The number of aryl methyl sites for hydroxylation is 1. The molecular formula is C31H33NO4S. The first-order chi connectivity index (χ1) is 17.8. The highest BCUT2D eigenvalue weighted by atomic mass is 32.1. The number of ether oxygens (including phenoxy) is 1. The zero-order valence-electron chi connectivity index (χ0n) is 21.7. The Balaban J connectivity index is 1.50. The average Bonchev–Trinajstić information content (AvgIpc) is 3.58. The minimum atomic E-state index is -0.921. The van der Waals surface area contributed by atoms with Crippen molar-refractivity contribution in [2.24, 2.45) is 5.92 Å². The monoisotopic (exact) mass is 515 g/mol. The van der Waals surface area contributed by atoms with E-state index >= 15 is 0 Å². The number of carboxylic acids is 1. The summed E-state index contributed by atoms with van der Waals surface area (Å²) in [6.45, 7) is 6.28. The van der Waals surface area contributed by atoms with E-state index in [9.17, 15) is 14.7 Å². The summed E-state index contributed by atoms with van der Waals surface area (Å²) in [4.78, 5) is 28.8. The second-order valence-electron chi connectivity index (χ2n) is 9.71. The first kappa shape index (κ1) is 26.6. The van der Waals surface area contributed by atoms with Gasteiger partial charge in [-0.15, -0.1) is 11.3 Å². The van der Waals surface area contributed by atoms with Crippen molar-refractivity contribution in [2.45, 2.75) is 45.6 Å². The van der Waals surface area contributed by atoms with Crippen LogP contribution in [0.4, 0.5) is 0 Å². The smallest absolute Gasteiger partial charge is 0.346 e. The number of methoxy groups -OCH3 is 1. The summed E-state index contributed by atoms with van der Waals surface area (Å²) >= 11 is 1.30. The van der Waals surface area contributed by atoms with Gasteiger partial charge in [0.25, 0.3) is 0 Å². The molecule has 0 aliphatic rings. The van der Waals surface area contributed by atoms with Crippen LogP contribution >= 0.6 is 11.3 Å². The van der Waals surface area contributed by atoms with Gasteiger partial charge in [-0.25, -0.2) is 4.79 Å². The second-order valence-corrected chi connectivity index (χ2v) is 10.8. The van der Waals surface area contributed by atoms with Crippen molar-refractivity contribution in [3.63, 3.8) is 0 Å². The molecule has 0 fully saturated rings. The van der Waals surface area contributed by atoms with Crippen molar-refractivity contribution in [1.29, 1.82) is 0 Å². The molecule has 2 aromatic heterocycles. The number of aromatic nitrogens is 1. The molecular weight excluding hydrogens is 482 g/mol. The van der Waals surface area contributed by atoms with Gasteiger partial charge in [0.15, 0.2) is 5.78 Å². The number of aromatic amines is 1. The summed E-state index contributed by atoms with van der Waals surface area (Å²) in [6.07, 6.45) is 2.50. The van der Waals surface area contributed by atoms with Crippen LogP contribution < -0.4 is 0 Å². The number of H-pyrrole nitrogens is 1. The molecule has 2 heterocycles. The number of ketones is 1. The maximum absolute atomic E-state index is 12.5. The highest BCUT2D eigenvalue weighted by molar-refractivity contribution is 7.17. The Morgan fingerprint density at radius 3 is 2.27 bits per heavy atom. The van der Waals surface area contributed by atoms with Crippen LogP contribution in [-0.2, 0) is 11.2 Å². The van der Waals surface area contributed by atoms with Gasteiger partial charge in [0.05, 0.1) is 11.8 Å². The van der Waals surface area contributed by atoms with E-state index in [1.165, 1.54) is 16.9 Å². The summed E-state index contributed by atoms with van der Waals surface area (Å²) in [5.74, 6) is -0.413. The standard InChI is InChI=1S/C31H33NO4S/c1-19-7-9-23(10-8-19)28(36-4)17-25-18-29(37-30(25)31(34)35)24-13-11-22(12-14-24)21(3)20(2)16-27(33)26-6-5-15-32-26/h5-15,18,20-21,28,32H,16-17H2,1-4H3,(H,34,35). The Hall–Kier alpha value is -3.48. The Kier molecular flexibility index (Phi) is 8.41. The van der Waals surface area contributed by atoms with Crippen LogP contribution in [0.5, 0.6) is 0 Å². The average molecular weight is 516 g/mol. The zero-order valence-corrected chi connectivity index (χ0v) is 22.5. The van der Waals surface area contributed by atoms with Gasteiger partial charge >= 0.3 is 5.97 Å². The van der Waals surface area contributed by atoms with Crippen molar-refractivity contribution in [3.05, 3.63) is 106 Å². The summed E-state index contributed by atoms with van der Waals surface area (Å²) in [6, 6.07) is 22.0. The van der Waals surface area contributed by atoms with Gasteiger partial charge in [0, 0.05) is 31.0 Å². The molecule has 4 aromatic rings. The SMILES string of the molecule is COC(Cc1cc(-c2ccc(C(C)C(C)CC(=O)c3ccc[nH]3)cc2)sc1C(=O)O)c1ccc(C)cc1. The predicted octanol–water partition coefficient (Wildman–Crippen LogP) is 7.69. The van der Waals surface area contributed by atoms with E-state index < -0.39 is 5.97 Å². The number of hydrogen-bond acceptors (Lipinski definition) is 4. The van der Waals surface area contributed by atoms with Crippen LogP contribution in [0.1, 0.15) is 74.7 Å². The molecule has 2 N–H and O–H groups in total. The van der Waals surface area contributed by atoms with Gasteiger partial charge < -0.3 is 14.8 Å². The number of rotatable bonds is 11. The molecule has 192 valence electrons. The van der Waals surface area contributed by atoms with Crippen LogP contribution in [0.2, 0.25) is 0 Å². The van der Waals surface area contributed by atoms with E-state index in [-0.39, 0.29) is 23.7 Å². The quantitative estimate of drug-likeness (QED) is 0.201. The first-order valence-corrected chi connectivity index (χ1v) is 13.3. The summed E-state index contributed by atoms with van der Waals surface area (Å²) in [7, 11) is 1.66. The second kappa shape index (κ2) is 11.7. The topological polar surface area (TPSA) is 79.4 Å².